The van der Waals surface area contributed by atoms with Crippen LogP contribution in [0.4, 0.5) is 0 Å². The molecule has 1 saturated heterocycles. The van der Waals surface area contributed by atoms with Crippen LogP contribution in [-0.4, -0.2) is 24.0 Å². The molecule has 1 aromatic rings. The maximum Gasteiger partial charge on any atom is 0.221 e. The minimum atomic E-state index is -0.340. The molecule has 1 aliphatic heterocycles. The molecule has 116 valence electrons. The molecule has 1 aliphatic rings. The van der Waals surface area contributed by atoms with E-state index in [1.165, 1.54) is 0 Å². The average Bonchev–Trinajstić information content (AvgIpc) is 2.84. The summed E-state index contributed by atoms with van der Waals surface area (Å²) >= 11 is 12.1. The third kappa shape index (κ3) is 5.17. The number of hydrogen-bond acceptors (Lipinski definition) is 2. The highest BCUT2D eigenvalue weighted by atomic mass is 35.5. The first-order valence-corrected chi connectivity index (χ1v) is 8.10. The number of carbonyl (C=O) groups is 1. The van der Waals surface area contributed by atoms with E-state index in [0.717, 1.165) is 24.9 Å². The number of nitrogens with one attached hydrogen (secondary N) is 2. The Morgan fingerprint density at radius 3 is 2.81 bits per heavy atom. The van der Waals surface area contributed by atoms with Gasteiger partial charge in [-0.05, 0) is 57.4 Å². The Labute approximate surface area is 136 Å². The van der Waals surface area contributed by atoms with E-state index in [1.807, 2.05) is 26.0 Å². The van der Waals surface area contributed by atoms with Crippen LogP contribution in [0.2, 0.25) is 10.0 Å². The van der Waals surface area contributed by atoms with Gasteiger partial charge in [0.25, 0.3) is 0 Å². The van der Waals surface area contributed by atoms with Crippen molar-refractivity contribution in [3.8, 4) is 0 Å². The number of benzene rings is 1. The minimum Gasteiger partial charge on any atom is -0.351 e. The molecule has 5 heteroatoms. The number of rotatable bonds is 5. The van der Waals surface area contributed by atoms with Crippen molar-refractivity contribution in [2.45, 2.75) is 51.1 Å². The second kappa shape index (κ2) is 6.99. The van der Waals surface area contributed by atoms with Crippen LogP contribution >= 0.6 is 23.2 Å². The van der Waals surface area contributed by atoms with E-state index in [2.05, 4.69) is 10.6 Å². The molecule has 0 saturated carbocycles. The molecule has 0 spiro atoms. The molecule has 1 fully saturated rings. The molecule has 1 amide bonds. The van der Waals surface area contributed by atoms with Crippen molar-refractivity contribution in [2.75, 3.05) is 6.54 Å². The van der Waals surface area contributed by atoms with Gasteiger partial charge in [0.2, 0.25) is 5.91 Å². The molecule has 21 heavy (non-hydrogen) atoms. The van der Waals surface area contributed by atoms with Gasteiger partial charge >= 0.3 is 0 Å². The molecule has 1 atom stereocenters. The summed E-state index contributed by atoms with van der Waals surface area (Å²) in [6, 6.07) is 5.79. The highest BCUT2D eigenvalue weighted by Crippen LogP contribution is 2.24. The smallest absolute Gasteiger partial charge is 0.221 e. The molecule has 0 aliphatic carbocycles. The topological polar surface area (TPSA) is 41.1 Å². The lowest BCUT2D eigenvalue weighted by molar-refractivity contribution is -0.123. The number of carbonyl (C=O) groups excluding carboxylic acids is 1. The van der Waals surface area contributed by atoms with Crippen LogP contribution in [-0.2, 0) is 11.2 Å². The van der Waals surface area contributed by atoms with Gasteiger partial charge in [-0.3, -0.25) is 4.79 Å². The fourth-order valence-corrected chi connectivity index (χ4v) is 3.24. The summed E-state index contributed by atoms with van der Waals surface area (Å²) in [5, 5.41) is 7.71. The lowest BCUT2D eigenvalue weighted by Gasteiger charge is -2.27. The predicted molar refractivity (Wildman–Crippen MR) is 88.0 cm³/mol. The first-order valence-electron chi connectivity index (χ1n) is 7.34. The summed E-state index contributed by atoms with van der Waals surface area (Å²) in [5.41, 5.74) is 0.651. The monoisotopic (exact) mass is 328 g/mol. The molecule has 2 N–H and O–H groups in total. The van der Waals surface area contributed by atoms with Crippen LogP contribution < -0.4 is 10.6 Å². The van der Waals surface area contributed by atoms with Crippen molar-refractivity contribution < 1.29 is 4.79 Å². The van der Waals surface area contributed by atoms with E-state index in [4.69, 9.17) is 23.2 Å². The lowest BCUT2D eigenvalue weighted by Crippen LogP contribution is -2.46. The van der Waals surface area contributed by atoms with Gasteiger partial charge in [0, 0.05) is 28.0 Å². The number of halogens is 2. The summed E-state index contributed by atoms with van der Waals surface area (Å²) in [5.74, 6) is 0.0875. The summed E-state index contributed by atoms with van der Waals surface area (Å²) in [7, 11) is 0. The Hall–Kier alpha value is -0.770. The lowest BCUT2D eigenvalue weighted by atomic mass is 9.94. The van der Waals surface area contributed by atoms with E-state index in [-0.39, 0.29) is 11.4 Å². The van der Waals surface area contributed by atoms with Crippen molar-refractivity contribution in [1.82, 2.24) is 10.6 Å². The highest BCUT2D eigenvalue weighted by molar-refractivity contribution is 6.35. The molecule has 0 bridgehead atoms. The van der Waals surface area contributed by atoms with E-state index >= 15 is 0 Å². The second-order valence-corrected chi connectivity index (χ2v) is 7.19. The molecule has 0 aromatic heterocycles. The van der Waals surface area contributed by atoms with Gasteiger partial charge in [-0.1, -0.05) is 29.3 Å². The predicted octanol–water partition coefficient (Wildman–Crippen LogP) is 3.57. The Morgan fingerprint density at radius 2 is 2.19 bits per heavy atom. The van der Waals surface area contributed by atoms with Gasteiger partial charge in [0.15, 0.2) is 0 Å². The third-order valence-corrected chi connectivity index (χ3v) is 4.31. The van der Waals surface area contributed by atoms with Crippen LogP contribution in [0.5, 0.6) is 0 Å². The Morgan fingerprint density at radius 1 is 1.43 bits per heavy atom. The SMILES string of the molecule is CC(C)(Cc1ccc(Cl)cc1Cl)NC(=O)CC1CCCN1. The van der Waals surface area contributed by atoms with Crippen LogP contribution in [0.15, 0.2) is 18.2 Å². The summed E-state index contributed by atoms with van der Waals surface area (Å²) in [6.07, 6.45) is 3.45. The zero-order chi connectivity index (χ0) is 15.5. The molecule has 3 nitrogen and oxygen atoms in total. The summed E-state index contributed by atoms with van der Waals surface area (Å²) in [6.45, 7) is 5.04. The van der Waals surface area contributed by atoms with Gasteiger partial charge < -0.3 is 10.6 Å². The maximum absolute atomic E-state index is 12.1. The second-order valence-electron chi connectivity index (χ2n) is 6.34. The van der Waals surface area contributed by atoms with Crippen LogP contribution in [0.1, 0.15) is 38.7 Å². The van der Waals surface area contributed by atoms with E-state index in [1.54, 1.807) is 6.07 Å². The van der Waals surface area contributed by atoms with Gasteiger partial charge in [-0.25, -0.2) is 0 Å². The first-order chi connectivity index (χ1) is 9.85. The standard InChI is InChI=1S/C16H22Cl2N2O/c1-16(2,10-11-5-6-12(17)8-14(11)18)20-15(21)9-13-4-3-7-19-13/h5-6,8,13,19H,3-4,7,9-10H2,1-2H3,(H,20,21). The molecule has 1 unspecified atom stereocenters. The summed E-state index contributed by atoms with van der Waals surface area (Å²) < 4.78 is 0. The van der Waals surface area contributed by atoms with E-state index in [9.17, 15) is 4.79 Å². The molecule has 1 aromatic carbocycles. The Balaban J connectivity index is 1.92. The van der Waals surface area contributed by atoms with Crippen LogP contribution in [0, 0.1) is 0 Å². The third-order valence-electron chi connectivity index (χ3n) is 3.72. The van der Waals surface area contributed by atoms with Crippen molar-refractivity contribution in [3.05, 3.63) is 33.8 Å². The van der Waals surface area contributed by atoms with Crippen LogP contribution in [0.25, 0.3) is 0 Å². The van der Waals surface area contributed by atoms with Crippen LogP contribution in [0.3, 0.4) is 0 Å². The summed E-state index contributed by atoms with van der Waals surface area (Å²) in [4.78, 5) is 12.1. The molecule has 1 heterocycles. The first kappa shape index (κ1) is 16.6. The van der Waals surface area contributed by atoms with Crippen molar-refractivity contribution >= 4 is 29.1 Å². The highest BCUT2D eigenvalue weighted by Gasteiger charge is 2.24. The van der Waals surface area contributed by atoms with Gasteiger partial charge in [-0.15, -0.1) is 0 Å². The zero-order valence-electron chi connectivity index (χ0n) is 12.5. The Bertz CT molecular complexity index is 511. The average molecular weight is 329 g/mol. The fourth-order valence-electron chi connectivity index (χ4n) is 2.77. The fraction of sp³-hybridized carbons (Fsp3) is 0.562. The molecule has 0 radical (unpaired) electrons. The van der Waals surface area contributed by atoms with Crippen molar-refractivity contribution in [2.24, 2.45) is 0 Å². The maximum atomic E-state index is 12.1. The van der Waals surface area contributed by atoms with Crippen molar-refractivity contribution in [1.29, 1.82) is 0 Å². The van der Waals surface area contributed by atoms with Gasteiger partial charge in [0.1, 0.15) is 0 Å². The van der Waals surface area contributed by atoms with E-state index < -0.39 is 0 Å². The van der Waals surface area contributed by atoms with E-state index in [0.29, 0.717) is 28.9 Å². The van der Waals surface area contributed by atoms with Gasteiger partial charge in [0.05, 0.1) is 0 Å². The largest absolute Gasteiger partial charge is 0.351 e. The van der Waals surface area contributed by atoms with Gasteiger partial charge in [-0.2, -0.15) is 0 Å². The molecular formula is C16H22Cl2N2O. The number of amides is 1. The molecule has 2 rings (SSSR count). The number of hydrogen-bond donors (Lipinski definition) is 2. The minimum absolute atomic E-state index is 0.0875. The zero-order valence-corrected chi connectivity index (χ0v) is 14.0. The van der Waals surface area contributed by atoms with Crippen molar-refractivity contribution in [3.63, 3.8) is 0 Å². The normalized spacial score (nSPS) is 18.8. The quantitative estimate of drug-likeness (QED) is 0.867. The molecular weight excluding hydrogens is 307 g/mol. The Kier molecular flexibility index (Phi) is 5.53.